The van der Waals surface area contributed by atoms with Crippen molar-refractivity contribution in [3.05, 3.63) is 6.17 Å². The van der Waals surface area contributed by atoms with Gasteiger partial charge in [0.25, 0.3) is 0 Å². The van der Waals surface area contributed by atoms with Gasteiger partial charge in [-0.05, 0) is 12.3 Å². The average Bonchev–Trinajstić information content (AvgIpc) is 3.47. The molecule has 1 heterocycles. The molecule has 0 radical (unpaired) electrons. The second kappa shape index (κ2) is 30.2. The summed E-state index contributed by atoms with van der Waals surface area (Å²) < 4.78 is 0. The van der Waals surface area contributed by atoms with Gasteiger partial charge in [-0.15, -0.1) is 0 Å². The minimum Gasteiger partial charge on any atom is -0.0968 e. The summed E-state index contributed by atoms with van der Waals surface area (Å²) in [4.78, 5) is 8.66. The van der Waals surface area contributed by atoms with Crippen molar-refractivity contribution in [1.82, 2.24) is 0 Å². The zero-order chi connectivity index (χ0) is 27.9. The van der Waals surface area contributed by atoms with E-state index in [0.29, 0.717) is 0 Å². The summed E-state index contributed by atoms with van der Waals surface area (Å²) >= 11 is 0. The van der Waals surface area contributed by atoms with Crippen molar-refractivity contribution in [2.75, 3.05) is 0 Å². The molecule has 1 rings (SSSR count). The van der Waals surface area contributed by atoms with Crippen LogP contribution in [0.2, 0.25) is 0 Å². The van der Waals surface area contributed by atoms with Crippen LogP contribution in [0.5, 0.6) is 0 Å². The van der Waals surface area contributed by atoms with E-state index < -0.39 is 0 Å². The highest BCUT2D eigenvalue weighted by Crippen LogP contribution is 2.26. The highest BCUT2D eigenvalue weighted by Gasteiger charge is 2.15. The Bertz CT molecular complexity index is 514. The van der Waals surface area contributed by atoms with E-state index >= 15 is 0 Å². The molecule has 0 bridgehead atoms. The summed E-state index contributed by atoms with van der Waals surface area (Å²) in [6, 6.07) is 0. The van der Waals surface area contributed by atoms with Gasteiger partial charge in [-0.1, -0.05) is 210 Å². The van der Waals surface area contributed by atoms with Crippen molar-refractivity contribution in [2.45, 2.75) is 213 Å². The van der Waals surface area contributed by atoms with Crippen LogP contribution in [0.25, 0.3) is 0 Å². The maximum atomic E-state index is 4.33. The van der Waals surface area contributed by atoms with E-state index in [1.807, 2.05) is 12.4 Å². The predicted molar refractivity (Wildman–Crippen MR) is 178 cm³/mol. The summed E-state index contributed by atoms with van der Waals surface area (Å²) in [5, 5.41) is 0. The van der Waals surface area contributed by atoms with Crippen LogP contribution >= 0.6 is 0 Å². The maximum absolute atomic E-state index is 4.33. The first-order chi connectivity index (χ1) is 19.4. The van der Waals surface area contributed by atoms with Crippen LogP contribution in [0, 0.1) is 12.1 Å². The zero-order valence-corrected chi connectivity index (χ0v) is 27.0. The van der Waals surface area contributed by atoms with E-state index in [-0.39, 0.29) is 0 Å². The van der Waals surface area contributed by atoms with Crippen molar-refractivity contribution in [3.8, 4) is 0 Å². The summed E-state index contributed by atoms with van der Waals surface area (Å²) in [6.45, 7) is 4.62. The van der Waals surface area contributed by atoms with Gasteiger partial charge in [-0.3, -0.25) is 0 Å². The second-order valence-electron chi connectivity index (χ2n) is 12.8. The van der Waals surface area contributed by atoms with Crippen LogP contribution in [-0.2, 0) is 0 Å². The van der Waals surface area contributed by atoms with Gasteiger partial charge in [0.2, 0.25) is 6.17 Å². The first-order valence-corrected chi connectivity index (χ1v) is 18.3. The fourth-order valence-electron chi connectivity index (χ4n) is 6.28. The molecule has 0 aromatic heterocycles. The van der Waals surface area contributed by atoms with E-state index in [9.17, 15) is 0 Å². The number of hydrogen-bond donors (Lipinski definition) is 0. The van der Waals surface area contributed by atoms with Crippen molar-refractivity contribution in [2.24, 2.45) is 15.9 Å². The fourth-order valence-corrected chi connectivity index (χ4v) is 6.28. The molecule has 0 fully saturated rings. The van der Waals surface area contributed by atoms with E-state index in [1.54, 1.807) is 0 Å². The number of aliphatic imine (C=N–C) groups is 2. The SMILES string of the molecule is CCCCCCCCCCCCCCCC(CCCCCCCCCCCCC)CCCCC[C+]1N=CC=N1. The highest BCUT2D eigenvalue weighted by molar-refractivity contribution is 6.18. The van der Waals surface area contributed by atoms with Gasteiger partial charge in [0.1, 0.15) is 0 Å². The van der Waals surface area contributed by atoms with Crippen molar-refractivity contribution in [1.29, 1.82) is 0 Å². The molecule has 1 aliphatic heterocycles. The highest BCUT2D eigenvalue weighted by atomic mass is 15.0. The third kappa shape index (κ3) is 25.9. The first kappa shape index (κ1) is 36.2. The molecule has 0 aromatic rings. The third-order valence-corrected chi connectivity index (χ3v) is 8.96. The standard InChI is InChI=1S/C37H71N2/c1-3-5-7-9-11-13-15-16-18-20-22-24-27-31-36(32-28-25-29-33-37-38-34-35-39-37)30-26-23-21-19-17-14-12-10-8-6-4-2/h34-36H,3-33H2,1-2H3/q+1. The summed E-state index contributed by atoms with van der Waals surface area (Å²) in [5.74, 6) is 0.978. The predicted octanol–water partition coefficient (Wildman–Crippen LogP) is 13.4. The van der Waals surface area contributed by atoms with Crippen LogP contribution in [0.15, 0.2) is 9.98 Å². The van der Waals surface area contributed by atoms with Crippen molar-refractivity contribution >= 4 is 12.4 Å². The third-order valence-electron chi connectivity index (χ3n) is 8.96. The van der Waals surface area contributed by atoms with Crippen LogP contribution < -0.4 is 0 Å². The molecule has 2 nitrogen and oxygen atoms in total. The van der Waals surface area contributed by atoms with E-state index in [0.717, 1.165) is 18.5 Å². The van der Waals surface area contributed by atoms with Gasteiger partial charge >= 0.3 is 0 Å². The molecule has 0 amide bonds. The molecule has 1 atom stereocenters. The molecule has 39 heavy (non-hydrogen) atoms. The quantitative estimate of drug-likeness (QED) is 0.0595. The van der Waals surface area contributed by atoms with Gasteiger partial charge < -0.3 is 0 Å². The van der Waals surface area contributed by atoms with Gasteiger partial charge in [0, 0.05) is 0 Å². The maximum Gasteiger partial charge on any atom is 0.240 e. The van der Waals surface area contributed by atoms with Crippen LogP contribution in [0.1, 0.15) is 213 Å². The lowest BCUT2D eigenvalue weighted by Crippen LogP contribution is -2.02. The zero-order valence-electron chi connectivity index (χ0n) is 27.0. The molecule has 1 aliphatic rings. The molecule has 228 valence electrons. The molecule has 0 aromatic carbocycles. The number of unbranched alkanes of at least 4 members (excludes halogenated alkanes) is 24. The topological polar surface area (TPSA) is 24.7 Å². The molecular weight excluding hydrogens is 472 g/mol. The molecule has 0 N–H and O–H groups in total. The van der Waals surface area contributed by atoms with E-state index in [2.05, 4.69) is 23.8 Å². The van der Waals surface area contributed by atoms with Crippen LogP contribution in [-0.4, -0.2) is 12.4 Å². The Morgan fingerprint density at radius 2 is 0.667 bits per heavy atom. The molecule has 0 spiro atoms. The molecule has 0 saturated heterocycles. The molecular formula is C37H71N2+. The largest absolute Gasteiger partial charge is 0.240 e. The Labute approximate surface area is 247 Å². The Hall–Kier alpha value is -0.790. The van der Waals surface area contributed by atoms with Gasteiger partial charge in [0.05, 0.1) is 6.42 Å². The Morgan fingerprint density at radius 1 is 0.385 bits per heavy atom. The van der Waals surface area contributed by atoms with Gasteiger partial charge in [-0.25, -0.2) is 0 Å². The minimum atomic E-state index is 0.978. The lowest BCUT2D eigenvalue weighted by molar-refractivity contribution is 0.366. The molecule has 2 heteroatoms. The monoisotopic (exact) mass is 544 g/mol. The normalized spacial score (nSPS) is 13.6. The smallest absolute Gasteiger partial charge is 0.0968 e. The minimum absolute atomic E-state index is 0.978. The number of rotatable bonds is 32. The average molecular weight is 544 g/mol. The van der Waals surface area contributed by atoms with Crippen LogP contribution in [0.3, 0.4) is 0 Å². The van der Waals surface area contributed by atoms with Crippen molar-refractivity contribution < 1.29 is 0 Å². The lowest BCUT2D eigenvalue weighted by atomic mass is 9.89. The number of hydrogen-bond acceptors (Lipinski definition) is 2. The fraction of sp³-hybridized carbons (Fsp3) is 0.919. The van der Waals surface area contributed by atoms with Crippen LogP contribution in [0.4, 0.5) is 0 Å². The second-order valence-corrected chi connectivity index (χ2v) is 12.8. The van der Waals surface area contributed by atoms with Gasteiger partial charge in [-0.2, -0.15) is 0 Å². The summed E-state index contributed by atoms with van der Waals surface area (Å²) in [5.41, 5.74) is 0. The number of nitrogens with zero attached hydrogens (tertiary/aromatic N) is 2. The van der Waals surface area contributed by atoms with E-state index in [4.69, 9.17) is 0 Å². The first-order valence-electron chi connectivity index (χ1n) is 18.3. The van der Waals surface area contributed by atoms with Crippen molar-refractivity contribution in [3.63, 3.8) is 0 Å². The molecule has 0 aliphatic carbocycles. The Balaban J connectivity index is 2.05. The molecule has 1 unspecified atom stereocenters. The summed E-state index contributed by atoms with van der Waals surface area (Å²) in [7, 11) is 0. The van der Waals surface area contributed by atoms with E-state index in [1.165, 1.54) is 193 Å². The Kier molecular flexibility index (Phi) is 28.0. The van der Waals surface area contributed by atoms with Gasteiger partial charge in [0.15, 0.2) is 12.4 Å². The molecule has 0 saturated carbocycles. The Morgan fingerprint density at radius 3 is 1.00 bits per heavy atom. The lowest BCUT2D eigenvalue weighted by Gasteiger charge is -2.17. The summed E-state index contributed by atoms with van der Waals surface area (Å²) in [6.07, 6.45) is 49.2.